The van der Waals surface area contributed by atoms with Crippen LogP contribution < -0.4 is 15.0 Å². The highest BCUT2D eigenvalue weighted by Crippen LogP contribution is 2.39. The number of nitrogens with zero attached hydrogens (tertiary/aromatic N) is 2. The SMILES string of the molecule is COc1ccc(N2C(=O)c3cc4ccsc4n3CC2(C)C(=O)NCc2ccccc2)cc1Cl. The van der Waals surface area contributed by atoms with Crippen molar-refractivity contribution in [2.24, 2.45) is 0 Å². The van der Waals surface area contributed by atoms with Gasteiger partial charge in [0.15, 0.2) is 0 Å². The van der Waals surface area contributed by atoms with Crippen molar-refractivity contribution in [3.8, 4) is 5.75 Å². The Hall–Kier alpha value is -3.29. The standard InChI is InChI=1S/C25H22ClN3O3S/c1-25(24(31)27-14-16-6-4-3-5-7-16)15-28-20(12-17-10-11-33-23(17)28)22(30)29(25)18-8-9-21(32-2)19(26)13-18/h3-13H,14-15H2,1-2H3,(H,27,31). The molecule has 33 heavy (non-hydrogen) atoms. The number of carbonyl (C=O) groups is 2. The van der Waals surface area contributed by atoms with Gasteiger partial charge in [0.25, 0.3) is 5.91 Å². The molecule has 0 aliphatic carbocycles. The van der Waals surface area contributed by atoms with Gasteiger partial charge in [0.05, 0.1) is 18.7 Å². The minimum absolute atomic E-state index is 0.240. The Morgan fingerprint density at radius 1 is 1.18 bits per heavy atom. The van der Waals surface area contributed by atoms with Crippen LogP contribution in [-0.2, 0) is 17.9 Å². The molecule has 6 nitrogen and oxygen atoms in total. The average Bonchev–Trinajstić information content (AvgIpc) is 3.41. The Balaban J connectivity index is 1.58. The van der Waals surface area contributed by atoms with E-state index in [4.69, 9.17) is 16.3 Å². The van der Waals surface area contributed by atoms with Crippen LogP contribution in [0.4, 0.5) is 5.69 Å². The van der Waals surface area contributed by atoms with Gasteiger partial charge < -0.3 is 14.6 Å². The monoisotopic (exact) mass is 479 g/mol. The lowest BCUT2D eigenvalue weighted by Gasteiger charge is -2.44. The third kappa shape index (κ3) is 3.57. The molecule has 1 N–H and O–H groups in total. The quantitative estimate of drug-likeness (QED) is 0.433. The van der Waals surface area contributed by atoms with Gasteiger partial charge in [-0.2, -0.15) is 0 Å². The molecular formula is C25H22ClN3O3S. The second kappa shape index (κ2) is 8.24. The Morgan fingerprint density at radius 2 is 1.97 bits per heavy atom. The molecule has 0 fully saturated rings. The van der Waals surface area contributed by atoms with E-state index < -0.39 is 5.54 Å². The van der Waals surface area contributed by atoms with Gasteiger partial charge in [0, 0.05) is 17.6 Å². The zero-order valence-corrected chi connectivity index (χ0v) is 19.7. The zero-order chi connectivity index (χ0) is 23.2. The number of aromatic nitrogens is 1. The highest BCUT2D eigenvalue weighted by molar-refractivity contribution is 7.16. The van der Waals surface area contributed by atoms with Gasteiger partial charge in [-0.25, -0.2) is 0 Å². The molecule has 1 atom stereocenters. The predicted octanol–water partition coefficient (Wildman–Crippen LogP) is 5.10. The van der Waals surface area contributed by atoms with Crippen LogP contribution in [0.2, 0.25) is 5.02 Å². The number of carbonyl (C=O) groups excluding carboxylic acids is 2. The fourth-order valence-corrected chi connectivity index (χ4v) is 5.51. The number of hydrogen-bond acceptors (Lipinski definition) is 4. The maximum absolute atomic E-state index is 13.8. The van der Waals surface area contributed by atoms with E-state index in [-0.39, 0.29) is 11.8 Å². The van der Waals surface area contributed by atoms with Crippen LogP contribution in [0.25, 0.3) is 10.2 Å². The highest BCUT2D eigenvalue weighted by Gasteiger charge is 2.48. The number of nitrogens with one attached hydrogen (secondary N) is 1. The summed E-state index contributed by atoms with van der Waals surface area (Å²) >= 11 is 7.95. The number of rotatable bonds is 5. The van der Waals surface area contributed by atoms with Crippen LogP contribution in [0, 0.1) is 0 Å². The average molecular weight is 480 g/mol. The van der Waals surface area contributed by atoms with Crippen LogP contribution in [-0.4, -0.2) is 29.0 Å². The summed E-state index contributed by atoms with van der Waals surface area (Å²) in [6, 6.07) is 18.7. The molecule has 1 aliphatic heterocycles. The first-order valence-electron chi connectivity index (χ1n) is 10.5. The van der Waals surface area contributed by atoms with E-state index in [9.17, 15) is 9.59 Å². The first kappa shape index (κ1) is 21.6. The molecule has 1 unspecified atom stereocenters. The van der Waals surface area contributed by atoms with Crippen molar-refractivity contribution in [1.82, 2.24) is 9.88 Å². The van der Waals surface area contributed by atoms with Crippen molar-refractivity contribution in [2.45, 2.75) is 25.6 Å². The number of benzene rings is 2. The molecule has 2 aromatic heterocycles. The van der Waals surface area contributed by atoms with Crippen LogP contribution in [0.5, 0.6) is 5.75 Å². The fourth-order valence-electron chi connectivity index (χ4n) is 4.36. The lowest BCUT2D eigenvalue weighted by Crippen LogP contribution is -2.64. The van der Waals surface area contributed by atoms with Gasteiger partial charge in [0.2, 0.25) is 5.91 Å². The number of thiophene rings is 1. The van der Waals surface area contributed by atoms with E-state index >= 15 is 0 Å². The molecule has 8 heteroatoms. The second-order valence-corrected chi connectivity index (χ2v) is 9.50. The minimum atomic E-state index is -1.17. The zero-order valence-electron chi connectivity index (χ0n) is 18.2. The molecule has 0 bridgehead atoms. The summed E-state index contributed by atoms with van der Waals surface area (Å²) in [4.78, 5) is 30.0. The summed E-state index contributed by atoms with van der Waals surface area (Å²) in [6.07, 6.45) is 0. The van der Waals surface area contributed by atoms with Crippen molar-refractivity contribution >= 4 is 50.7 Å². The smallest absolute Gasteiger partial charge is 0.275 e. The third-order valence-electron chi connectivity index (χ3n) is 6.06. The van der Waals surface area contributed by atoms with Gasteiger partial charge in [-0.3, -0.25) is 14.5 Å². The number of hydrogen-bond donors (Lipinski definition) is 1. The maximum atomic E-state index is 13.8. The molecule has 2 amide bonds. The summed E-state index contributed by atoms with van der Waals surface area (Å²) in [6.45, 7) is 2.49. The summed E-state index contributed by atoms with van der Waals surface area (Å²) in [5.41, 5.74) is 0.904. The number of amides is 2. The normalized spacial score (nSPS) is 17.8. The molecule has 0 saturated heterocycles. The van der Waals surface area contributed by atoms with E-state index in [1.165, 1.54) is 7.11 Å². The maximum Gasteiger partial charge on any atom is 0.275 e. The highest BCUT2D eigenvalue weighted by atomic mass is 35.5. The second-order valence-electron chi connectivity index (χ2n) is 8.20. The van der Waals surface area contributed by atoms with Crippen molar-refractivity contribution in [2.75, 3.05) is 12.0 Å². The summed E-state index contributed by atoms with van der Waals surface area (Å²) in [5, 5.41) is 6.38. The minimum Gasteiger partial charge on any atom is -0.495 e. The molecular weight excluding hydrogens is 458 g/mol. The fraction of sp³-hybridized carbons (Fsp3) is 0.200. The number of anilines is 1. The van der Waals surface area contributed by atoms with Crippen molar-refractivity contribution in [3.63, 3.8) is 0 Å². The first-order chi connectivity index (χ1) is 15.9. The van der Waals surface area contributed by atoms with E-state index in [1.807, 2.05) is 52.4 Å². The topological polar surface area (TPSA) is 63.6 Å². The van der Waals surface area contributed by atoms with E-state index in [0.29, 0.717) is 35.2 Å². The van der Waals surface area contributed by atoms with Crippen molar-refractivity contribution < 1.29 is 14.3 Å². The van der Waals surface area contributed by atoms with Crippen LogP contribution in [0.15, 0.2) is 66.0 Å². The largest absolute Gasteiger partial charge is 0.495 e. The van der Waals surface area contributed by atoms with Gasteiger partial charge in [-0.1, -0.05) is 41.9 Å². The summed E-state index contributed by atoms with van der Waals surface area (Å²) in [7, 11) is 1.54. The molecule has 4 aromatic rings. The molecule has 0 saturated carbocycles. The van der Waals surface area contributed by atoms with Gasteiger partial charge in [-0.15, -0.1) is 11.3 Å². The molecule has 1 aliphatic rings. The van der Waals surface area contributed by atoms with Crippen LogP contribution in [0.3, 0.4) is 0 Å². The lowest BCUT2D eigenvalue weighted by molar-refractivity contribution is -0.126. The molecule has 5 rings (SSSR count). The third-order valence-corrected chi connectivity index (χ3v) is 7.31. The first-order valence-corrected chi connectivity index (χ1v) is 11.8. The summed E-state index contributed by atoms with van der Waals surface area (Å²) < 4.78 is 7.22. The van der Waals surface area contributed by atoms with Gasteiger partial charge in [0.1, 0.15) is 21.8 Å². The molecule has 2 aromatic carbocycles. The van der Waals surface area contributed by atoms with Gasteiger partial charge >= 0.3 is 0 Å². The van der Waals surface area contributed by atoms with E-state index in [2.05, 4.69) is 5.32 Å². The van der Waals surface area contributed by atoms with E-state index in [0.717, 1.165) is 15.8 Å². The van der Waals surface area contributed by atoms with E-state index in [1.54, 1.807) is 41.4 Å². The number of methoxy groups -OCH3 is 1. The number of fused-ring (bicyclic) bond motifs is 3. The van der Waals surface area contributed by atoms with Crippen LogP contribution >= 0.6 is 22.9 Å². The molecule has 3 heterocycles. The van der Waals surface area contributed by atoms with Crippen molar-refractivity contribution in [3.05, 3.63) is 82.3 Å². The number of halogens is 1. The molecule has 0 spiro atoms. The number of ether oxygens (including phenoxy) is 1. The Labute approximate surface area is 200 Å². The van der Waals surface area contributed by atoms with Crippen molar-refractivity contribution in [1.29, 1.82) is 0 Å². The lowest BCUT2D eigenvalue weighted by atomic mass is 9.93. The molecule has 0 radical (unpaired) electrons. The molecule has 168 valence electrons. The Morgan fingerprint density at radius 3 is 2.70 bits per heavy atom. The Bertz CT molecular complexity index is 1360. The predicted molar refractivity (Wildman–Crippen MR) is 131 cm³/mol. The Kier molecular flexibility index (Phi) is 5.38. The van der Waals surface area contributed by atoms with Crippen LogP contribution in [0.1, 0.15) is 23.0 Å². The summed E-state index contributed by atoms with van der Waals surface area (Å²) in [5.74, 6) is 0.0166. The van der Waals surface area contributed by atoms with Gasteiger partial charge in [-0.05, 0) is 48.2 Å².